The molecule has 1 aliphatic heterocycles. The molecular formula is C20H22N4O5. The fourth-order valence-electron chi connectivity index (χ4n) is 3.51. The Hall–Kier alpha value is -3.49. The topological polar surface area (TPSA) is 126 Å². The van der Waals surface area contributed by atoms with Gasteiger partial charge in [0.15, 0.2) is 0 Å². The SMILES string of the molecule is CC(Nc1ccc(C(=O)N2C[C@@H](C)[C@H](C(=O)O)C2)cc1[N+](=O)[O-])c1ccccn1. The molecule has 1 aromatic carbocycles. The number of nitro groups is 1. The van der Waals surface area contributed by atoms with Gasteiger partial charge < -0.3 is 15.3 Å². The van der Waals surface area contributed by atoms with Gasteiger partial charge in [0, 0.05) is 30.9 Å². The summed E-state index contributed by atoms with van der Waals surface area (Å²) in [5, 5.41) is 23.9. The number of carboxylic acids is 1. The van der Waals surface area contributed by atoms with Crippen molar-refractivity contribution in [3.05, 3.63) is 64.0 Å². The van der Waals surface area contributed by atoms with Crippen LogP contribution in [0.1, 0.15) is 35.9 Å². The molecule has 9 nitrogen and oxygen atoms in total. The number of nitro benzene ring substituents is 1. The number of nitrogens with one attached hydrogen (secondary N) is 1. The van der Waals surface area contributed by atoms with E-state index < -0.39 is 22.7 Å². The largest absolute Gasteiger partial charge is 0.481 e. The third-order valence-corrected chi connectivity index (χ3v) is 5.16. The summed E-state index contributed by atoms with van der Waals surface area (Å²) in [5.41, 5.74) is 0.947. The van der Waals surface area contributed by atoms with Crippen LogP contribution in [0.15, 0.2) is 42.6 Å². The second-order valence-corrected chi connectivity index (χ2v) is 7.24. The van der Waals surface area contributed by atoms with E-state index in [4.69, 9.17) is 0 Å². The number of carbonyl (C=O) groups is 2. The van der Waals surface area contributed by atoms with E-state index in [0.29, 0.717) is 6.54 Å². The fraction of sp³-hybridized carbons (Fsp3) is 0.350. The van der Waals surface area contributed by atoms with Crippen molar-refractivity contribution in [3.63, 3.8) is 0 Å². The van der Waals surface area contributed by atoms with E-state index in [1.165, 1.54) is 23.1 Å². The van der Waals surface area contributed by atoms with E-state index >= 15 is 0 Å². The number of aromatic nitrogens is 1. The minimum absolute atomic E-state index is 0.0971. The highest BCUT2D eigenvalue weighted by molar-refractivity contribution is 5.96. The molecule has 0 bridgehead atoms. The minimum atomic E-state index is -0.943. The van der Waals surface area contributed by atoms with E-state index in [2.05, 4.69) is 10.3 Å². The zero-order chi connectivity index (χ0) is 21.1. The third-order valence-electron chi connectivity index (χ3n) is 5.16. The van der Waals surface area contributed by atoms with Crippen molar-refractivity contribution >= 4 is 23.3 Å². The molecule has 2 heterocycles. The number of likely N-dealkylation sites (tertiary alicyclic amines) is 1. The maximum Gasteiger partial charge on any atom is 0.308 e. The van der Waals surface area contributed by atoms with Crippen molar-refractivity contribution < 1.29 is 19.6 Å². The number of pyridine rings is 1. The van der Waals surface area contributed by atoms with Gasteiger partial charge in [0.1, 0.15) is 5.69 Å². The van der Waals surface area contributed by atoms with Gasteiger partial charge in [-0.25, -0.2) is 0 Å². The smallest absolute Gasteiger partial charge is 0.308 e. The summed E-state index contributed by atoms with van der Waals surface area (Å²) in [6.45, 7) is 4.02. The van der Waals surface area contributed by atoms with Crippen LogP contribution < -0.4 is 5.32 Å². The second kappa shape index (κ2) is 8.26. The van der Waals surface area contributed by atoms with Crippen LogP contribution in [0, 0.1) is 22.0 Å². The molecule has 1 amide bonds. The molecular weight excluding hydrogens is 376 g/mol. The van der Waals surface area contributed by atoms with Crippen LogP contribution in [0.25, 0.3) is 0 Å². The van der Waals surface area contributed by atoms with Crippen LogP contribution in [-0.2, 0) is 4.79 Å². The van der Waals surface area contributed by atoms with Gasteiger partial charge in [-0.2, -0.15) is 0 Å². The van der Waals surface area contributed by atoms with E-state index in [1.807, 2.05) is 19.1 Å². The molecule has 0 aliphatic carbocycles. The van der Waals surface area contributed by atoms with Crippen LogP contribution in [0.2, 0.25) is 0 Å². The molecule has 0 saturated carbocycles. The van der Waals surface area contributed by atoms with Crippen LogP contribution in [0.5, 0.6) is 0 Å². The van der Waals surface area contributed by atoms with Gasteiger partial charge in [-0.1, -0.05) is 13.0 Å². The number of hydrogen-bond donors (Lipinski definition) is 2. The summed E-state index contributed by atoms with van der Waals surface area (Å²) >= 11 is 0. The average molecular weight is 398 g/mol. The summed E-state index contributed by atoms with van der Waals surface area (Å²) < 4.78 is 0. The van der Waals surface area contributed by atoms with E-state index in [0.717, 1.165) is 5.69 Å². The number of hydrogen-bond acceptors (Lipinski definition) is 6. The van der Waals surface area contributed by atoms with Crippen molar-refractivity contribution in [1.29, 1.82) is 0 Å². The number of benzene rings is 1. The summed E-state index contributed by atoms with van der Waals surface area (Å²) in [6, 6.07) is 9.40. The number of nitrogens with zero attached hydrogens (tertiary/aromatic N) is 3. The Balaban J connectivity index is 1.82. The Morgan fingerprint density at radius 3 is 2.66 bits per heavy atom. The predicted octanol–water partition coefficient (Wildman–Crippen LogP) is 2.96. The molecule has 1 fully saturated rings. The standard InChI is InChI=1S/C20H22N4O5/c1-12-10-23(11-15(12)20(26)27)19(25)14-6-7-17(18(9-14)24(28)29)22-13(2)16-5-3-4-8-21-16/h3-9,12-13,15,22H,10-11H2,1-2H3,(H,26,27)/t12-,13?,15-/m1/s1. The maximum absolute atomic E-state index is 12.8. The summed E-state index contributed by atoms with van der Waals surface area (Å²) in [6.07, 6.45) is 1.64. The first kappa shape index (κ1) is 20.2. The van der Waals surface area contributed by atoms with Crippen molar-refractivity contribution in [1.82, 2.24) is 9.88 Å². The normalized spacial score (nSPS) is 19.6. The number of carboxylic acid groups (broad SMARTS) is 1. The number of aliphatic carboxylic acids is 1. The predicted molar refractivity (Wildman–Crippen MR) is 106 cm³/mol. The number of carbonyl (C=O) groups excluding carboxylic acids is 1. The molecule has 0 spiro atoms. The molecule has 3 atom stereocenters. The summed E-state index contributed by atoms with van der Waals surface area (Å²) in [4.78, 5) is 40.8. The zero-order valence-corrected chi connectivity index (χ0v) is 16.1. The molecule has 2 N–H and O–H groups in total. The molecule has 1 saturated heterocycles. The number of amides is 1. The fourth-order valence-corrected chi connectivity index (χ4v) is 3.51. The Morgan fingerprint density at radius 2 is 2.07 bits per heavy atom. The highest BCUT2D eigenvalue weighted by atomic mass is 16.6. The lowest BCUT2D eigenvalue weighted by atomic mass is 9.99. The average Bonchev–Trinajstić information content (AvgIpc) is 3.10. The number of rotatable bonds is 6. The first-order valence-electron chi connectivity index (χ1n) is 9.26. The lowest BCUT2D eigenvalue weighted by Gasteiger charge is -2.18. The molecule has 1 aliphatic rings. The summed E-state index contributed by atoms with van der Waals surface area (Å²) in [7, 11) is 0. The molecule has 1 unspecified atom stereocenters. The molecule has 152 valence electrons. The van der Waals surface area contributed by atoms with Gasteiger partial charge >= 0.3 is 5.97 Å². The summed E-state index contributed by atoms with van der Waals surface area (Å²) in [5.74, 6) is -2.16. The van der Waals surface area contributed by atoms with E-state index in [9.17, 15) is 24.8 Å². The molecule has 29 heavy (non-hydrogen) atoms. The van der Waals surface area contributed by atoms with E-state index in [-0.39, 0.29) is 35.4 Å². The quantitative estimate of drug-likeness (QED) is 0.566. The van der Waals surface area contributed by atoms with Gasteiger partial charge in [-0.3, -0.25) is 24.7 Å². The van der Waals surface area contributed by atoms with Crippen LogP contribution in [-0.4, -0.2) is 44.9 Å². The van der Waals surface area contributed by atoms with Crippen LogP contribution in [0.3, 0.4) is 0 Å². The Labute approximate surface area is 167 Å². The van der Waals surface area contributed by atoms with Gasteiger partial charge in [0.25, 0.3) is 11.6 Å². The van der Waals surface area contributed by atoms with Crippen molar-refractivity contribution in [3.8, 4) is 0 Å². The third kappa shape index (κ3) is 4.34. The van der Waals surface area contributed by atoms with Crippen molar-refractivity contribution in [2.45, 2.75) is 19.9 Å². The van der Waals surface area contributed by atoms with Crippen LogP contribution >= 0.6 is 0 Å². The van der Waals surface area contributed by atoms with Crippen LogP contribution in [0.4, 0.5) is 11.4 Å². The van der Waals surface area contributed by atoms with E-state index in [1.54, 1.807) is 19.2 Å². The lowest BCUT2D eigenvalue weighted by molar-refractivity contribution is -0.384. The highest BCUT2D eigenvalue weighted by Gasteiger charge is 2.37. The second-order valence-electron chi connectivity index (χ2n) is 7.24. The zero-order valence-electron chi connectivity index (χ0n) is 16.1. The maximum atomic E-state index is 12.8. The van der Waals surface area contributed by atoms with Gasteiger partial charge in [-0.05, 0) is 37.1 Å². The van der Waals surface area contributed by atoms with Gasteiger partial charge in [-0.15, -0.1) is 0 Å². The molecule has 3 rings (SSSR count). The highest BCUT2D eigenvalue weighted by Crippen LogP contribution is 2.31. The first-order valence-corrected chi connectivity index (χ1v) is 9.26. The Morgan fingerprint density at radius 1 is 1.31 bits per heavy atom. The molecule has 9 heteroatoms. The van der Waals surface area contributed by atoms with Gasteiger partial charge in [0.05, 0.1) is 22.6 Å². The molecule has 1 aromatic heterocycles. The first-order chi connectivity index (χ1) is 13.8. The Kier molecular flexibility index (Phi) is 5.76. The lowest BCUT2D eigenvalue weighted by Crippen LogP contribution is -2.30. The molecule has 2 aromatic rings. The number of anilines is 1. The monoisotopic (exact) mass is 398 g/mol. The molecule has 0 radical (unpaired) electrons. The minimum Gasteiger partial charge on any atom is -0.481 e. The van der Waals surface area contributed by atoms with Gasteiger partial charge in [0.2, 0.25) is 0 Å². The Bertz CT molecular complexity index is 934. The van der Waals surface area contributed by atoms with Crippen molar-refractivity contribution in [2.75, 3.05) is 18.4 Å². The van der Waals surface area contributed by atoms with Crippen molar-refractivity contribution in [2.24, 2.45) is 11.8 Å².